The van der Waals surface area contributed by atoms with Crippen LogP contribution in [0.4, 0.5) is 5.69 Å². The van der Waals surface area contributed by atoms with Crippen LogP contribution in [0.2, 0.25) is 0 Å². The van der Waals surface area contributed by atoms with E-state index in [9.17, 15) is 8.42 Å². The highest BCUT2D eigenvalue weighted by atomic mass is 32.2. The smallest absolute Gasteiger partial charge is 0.264 e. The Hall–Kier alpha value is -1.07. The van der Waals surface area contributed by atoms with Gasteiger partial charge in [0.2, 0.25) is 0 Å². The summed E-state index contributed by atoms with van der Waals surface area (Å²) >= 11 is 0. The van der Waals surface area contributed by atoms with Gasteiger partial charge in [0.05, 0.1) is 5.75 Å². The second kappa shape index (κ2) is 5.06. The topological polar surface area (TPSA) is 66.4 Å². The highest BCUT2D eigenvalue weighted by molar-refractivity contribution is 7.85. The van der Waals surface area contributed by atoms with Crippen molar-refractivity contribution in [3.63, 3.8) is 0 Å². The SMILES string of the molecule is O=S(=O)(O)CCCNc1cccc2c1CCC2. The van der Waals surface area contributed by atoms with Crippen molar-refractivity contribution in [1.82, 2.24) is 0 Å². The molecule has 0 fully saturated rings. The van der Waals surface area contributed by atoms with Gasteiger partial charge in [-0.15, -0.1) is 0 Å². The highest BCUT2D eigenvalue weighted by Gasteiger charge is 2.13. The molecule has 0 radical (unpaired) electrons. The quantitative estimate of drug-likeness (QED) is 0.622. The Morgan fingerprint density at radius 2 is 2.12 bits per heavy atom. The van der Waals surface area contributed by atoms with E-state index in [1.165, 1.54) is 17.5 Å². The molecule has 1 aliphatic rings. The van der Waals surface area contributed by atoms with Gasteiger partial charge in [-0.1, -0.05) is 12.1 Å². The Morgan fingerprint density at radius 3 is 2.88 bits per heavy atom. The van der Waals surface area contributed by atoms with Gasteiger partial charge in [0.25, 0.3) is 10.1 Å². The molecule has 0 aromatic heterocycles. The van der Waals surface area contributed by atoms with Gasteiger partial charge in [0.15, 0.2) is 0 Å². The fourth-order valence-corrected chi connectivity index (χ4v) is 2.77. The summed E-state index contributed by atoms with van der Waals surface area (Å²) in [5.74, 6) is -0.185. The van der Waals surface area contributed by atoms with Crippen LogP contribution in [0.1, 0.15) is 24.0 Å². The van der Waals surface area contributed by atoms with E-state index in [0.717, 1.165) is 18.5 Å². The van der Waals surface area contributed by atoms with E-state index in [0.29, 0.717) is 13.0 Å². The third-order valence-corrected chi connectivity index (χ3v) is 3.85. The van der Waals surface area contributed by atoms with Crippen LogP contribution in [-0.4, -0.2) is 25.3 Å². The Balaban J connectivity index is 1.90. The van der Waals surface area contributed by atoms with Crippen molar-refractivity contribution in [2.24, 2.45) is 0 Å². The standard InChI is InChI=1S/C12H17NO3S/c14-17(15,16)9-3-8-13-12-7-2-5-10-4-1-6-11(10)12/h2,5,7,13H,1,3-4,6,8-9H2,(H,14,15,16). The zero-order chi connectivity index (χ0) is 12.3. The average Bonchev–Trinajstić information content (AvgIpc) is 2.71. The number of benzene rings is 1. The van der Waals surface area contributed by atoms with Crippen LogP contribution in [0.3, 0.4) is 0 Å². The van der Waals surface area contributed by atoms with Gasteiger partial charge >= 0.3 is 0 Å². The zero-order valence-electron chi connectivity index (χ0n) is 9.65. The van der Waals surface area contributed by atoms with Crippen molar-refractivity contribution < 1.29 is 13.0 Å². The first kappa shape index (κ1) is 12.4. The molecule has 94 valence electrons. The van der Waals surface area contributed by atoms with Crippen molar-refractivity contribution in [3.05, 3.63) is 29.3 Å². The Labute approximate surface area is 102 Å². The van der Waals surface area contributed by atoms with Crippen LogP contribution >= 0.6 is 0 Å². The maximum Gasteiger partial charge on any atom is 0.264 e. The van der Waals surface area contributed by atoms with Crippen LogP contribution in [0.15, 0.2) is 18.2 Å². The highest BCUT2D eigenvalue weighted by Crippen LogP contribution is 2.28. The van der Waals surface area contributed by atoms with Gasteiger partial charge in [-0.25, -0.2) is 0 Å². The van der Waals surface area contributed by atoms with Crippen LogP contribution in [0.5, 0.6) is 0 Å². The fraction of sp³-hybridized carbons (Fsp3) is 0.500. The maximum atomic E-state index is 10.6. The predicted octanol–water partition coefficient (Wildman–Crippen LogP) is 1.87. The number of hydrogen-bond acceptors (Lipinski definition) is 3. The zero-order valence-corrected chi connectivity index (χ0v) is 10.5. The summed E-state index contributed by atoms with van der Waals surface area (Å²) in [7, 11) is -3.83. The van der Waals surface area contributed by atoms with Crippen LogP contribution in [0, 0.1) is 0 Å². The lowest BCUT2D eigenvalue weighted by molar-refractivity contribution is 0.481. The Bertz CT molecular complexity index is 496. The molecular formula is C12H17NO3S. The molecule has 0 heterocycles. The van der Waals surface area contributed by atoms with Gasteiger partial charge in [-0.3, -0.25) is 4.55 Å². The van der Waals surface area contributed by atoms with Gasteiger partial charge in [-0.2, -0.15) is 8.42 Å². The minimum Gasteiger partial charge on any atom is -0.385 e. The monoisotopic (exact) mass is 255 g/mol. The summed E-state index contributed by atoms with van der Waals surface area (Å²) < 4.78 is 29.7. The molecule has 0 amide bonds. The number of hydrogen-bond donors (Lipinski definition) is 2. The summed E-state index contributed by atoms with van der Waals surface area (Å²) in [4.78, 5) is 0. The maximum absolute atomic E-state index is 10.6. The van der Waals surface area contributed by atoms with Crippen molar-refractivity contribution in [3.8, 4) is 0 Å². The first-order valence-corrected chi connectivity index (χ1v) is 7.47. The van der Waals surface area contributed by atoms with E-state index in [2.05, 4.69) is 11.4 Å². The number of anilines is 1. The minimum atomic E-state index is -3.83. The molecule has 0 spiro atoms. The second-order valence-electron chi connectivity index (χ2n) is 4.36. The fourth-order valence-electron chi connectivity index (χ4n) is 2.26. The first-order valence-electron chi connectivity index (χ1n) is 5.86. The molecule has 0 atom stereocenters. The lowest BCUT2D eigenvalue weighted by Crippen LogP contribution is -2.11. The largest absolute Gasteiger partial charge is 0.385 e. The number of nitrogens with one attached hydrogen (secondary N) is 1. The summed E-state index contributed by atoms with van der Waals surface area (Å²) in [6.45, 7) is 0.566. The molecular weight excluding hydrogens is 238 g/mol. The Morgan fingerprint density at radius 1 is 1.29 bits per heavy atom. The van der Waals surface area contributed by atoms with Gasteiger partial charge < -0.3 is 5.32 Å². The van der Waals surface area contributed by atoms with Gasteiger partial charge in [0, 0.05) is 12.2 Å². The predicted molar refractivity (Wildman–Crippen MR) is 68.0 cm³/mol. The third-order valence-electron chi connectivity index (χ3n) is 3.04. The van der Waals surface area contributed by atoms with Crippen LogP contribution < -0.4 is 5.32 Å². The number of aryl methyl sites for hydroxylation is 1. The molecule has 0 unspecified atom stereocenters. The van der Waals surface area contributed by atoms with Crippen molar-refractivity contribution in [2.45, 2.75) is 25.7 Å². The van der Waals surface area contributed by atoms with Crippen LogP contribution in [0.25, 0.3) is 0 Å². The van der Waals surface area contributed by atoms with E-state index in [1.807, 2.05) is 12.1 Å². The second-order valence-corrected chi connectivity index (χ2v) is 5.94. The third kappa shape index (κ3) is 3.44. The number of fused-ring (bicyclic) bond motifs is 1. The summed E-state index contributed by atoms with van der Waals surface area (Å²) in [6, 6.07) is 6.19. The molecule has 2 rings (SSSR count). The van der Waals surface area contributed by atoms with Gasteiger partial charge in [-0.05, 0) is 42.9 Å². The lowest BCUT2D eigenvalue weighted by Gasteiger charge is -2.10. The molecule has 0 saturated carbocycles. The molecule has 17 heavy (non-hydrogen) atoms. The Kier molecular flexibility index (Phi) is 3.69. The van der Waals surface area contributed by atoms with E-state index in [4.69, 9.17) is 4.55 Å². The van der Waals surface area contributed by atoms with E-state index >= 15 is 0 Å². The lowest BCUT2D eigenvalue weighted by atomic mass is 10.1. The molecule has 4 nitrogen and oxygen atoms in total. The molecule has 1 aromatic rings. The molecule has 2 N–H and O–H groups in total. The summed E-state index contributed by atoms with van der Waals surface area (Å²) in [5, 5.41) is 3.24. The molecule has 5 heteroatoms. The molecule has 1 aromatic carbocycles. The van der Waals surface area contributed by atoms with Crippen molar-refractivity contribution >= 4 is 15.8 Å². The normalized spacial score (nSPS) is 14.6. The molecule has 1 aliphatic carbocycles. The van der Waals surface area contributed by atoms with Crippen molar-refractivity contribution in [1.29, 1.82) is 0 Å². The van der Waals surface area contributed by atoms with E-state index in [-0.39, 0.29) is 5.75 Å². The van der Waals surface area contributed by atoms with Crippen molar-refractivity contribution in [2.75, 3.05) is 17.6 Å². The van der Waals surface area contributed by atoms with Crippen LogP contribution in [-0.2, 0) is 23.0 Å². The van der Waals surface area contributed by atoms with E-state index < -0.39 is 10.1 Å². The molecule has 0 aliphatic heterocycles. The summed E-state index contributed by atoms with van der Waals surface area (Å²) in [6.07, 6.45) is 3.84. The van der Waals surface area contributed by atoms with Gasteiger partial charge in [0.1, 0.15) is 0 Å². The van der Waals surface area contributed by atoms with E-state index in [1.54, 1.807) is 0 Å². The average molecular weight is 255 g/mol. The molecule has 0 bridgehead atoms. The molecule has 0 saturated heterocycles. The first-order chi connectivity index (χ1) is 8.06. The summed E-state index contributed by atoms with van der Waals surface area (Å²) in [5.41, 5.74) is 3.86. The number of rotatable bonds is 5. The minimum absolute atomic E-state index is 0.185.